The minimum atomic E-state index is -1.06. The maximum atomic E-state index is 12.7. The molecular formula is C34H39N9O4. The minimum absolute atomic E-state index is 0.112. The van der Waals surface area contributed by atoms with Crippen molar-refractivity contribution in [2.45, 2.75) is 38.8 Å². The third-order valence-corrected chi connectivity index (χ3v) is 8.43. The van der Waals surface area contributed by atoms with Crippen molar-refractivity contribution < 1.29 is 14.2 Å². The Morgan fingerprint density at radius 2 is 1.60 bits per heavy atom. The summed E-state index contributed by atoms with van der Waals surface area (Å²) in [6.45, 7) is 9.40. The molecule has 2 aromatic carbocycles. The molecule has 244 valence electrons. The van der Waals surface area contributed by atoms with Crippen LogP contribution < -0.4 is 20.2 Å². The Morgan fingerprint density at radius 1 is 0.894 bits per heavy atom. The van der Waals surface area contributed by atoms with Gasteiger partial charge >= 0.3 is 5.69 Å². The third-order valence-electron chi connectivity index (χ3n) is 8.43. The molecule has 2 atom stereocenters. The Bertz CT molecular complexity index is 1780. The van der Waals surface area contributed by atoms with E-state index in [1.54, 1.807) is 28.1 Å². The van der Waals surface area contributed by atoms with Crippen LogP contribution in [-0.4, -0.2) is 79.6 Å². The average molecular weight is 638 g/mol. The lowest BCUT2D eigenvalue weighted by Gasteiger charge is -2.37. The molecule has 5 aromatic rings. The van der Waals surface area contributed by atoms with E-state index in [9.17, 15) is 4.79 Å². The van der Waals surface area contributed by atoms with Gasteiger partial charge in [-0.3, -0.25) is 4.98 Å². The van der Waals surface area contributed by atoms with Crippen molar-refractivity contribution in [2.75, 3.05) is 49.2 Å². The highest BCUT2D eigenvalue weighted by molar-refractivity contribution is 5.54. The topological polar surface area (TPSA) is 118 Å². The molecule has 0 radical (unpaired) electrons. The van der Waals surface area contributed by atoms with E-state index < -0.39 is 5.79 Å². The summed E-state index contributed by atoms with van der Waals surface area (Å²) >= 11 is 0. The van der Waals surface area contributed by atoms with Gasteiger partial charge in [-0.1, -0.05) is 19.9 Å². The first kappa shape index (κ1) is 30.6. The number of rotatable bonds is 11. The van der Waals surface area contributed by atoms with Crippen molar-refractivity contribution in [1.82, 2.24) is 34.1 Å². The molecule has 0 spiro atoms. The molecule has 2 aliphatic heterocycles. The number of aromatic nitrogens is 7. The Morgan fingerprint density at radius 3 is 2.23 bits per heavy atom. The molecule has 0 aliphatic carbocycles. The summed E-state index contributed by atoms with van der Waals surface area (Å²) in [7, 11) is 0. The normalized spacial score (nSPS) is 19.9. The molecule has 2 fully saturated rings. The predicted molar refractivity (Wildman–Crippen MR) is 176 cm³/mol. The number of anilines is 2. The second-order valence-electron chi connectivity index (χ2n) is 12.3. The fourth-order valence-electron chi connectivity index (χ4n) is 6.04. The first-order valence-corrected chi connectivity index (χ1v) is 16.0. The summed E-state index contributed by atoms with van der Waals surface area (Å²) in [5, 5.41) is 8.49. The summed E-state index contributed by atoms with van der Waals surface area (Å²) < 4.78 is 23.5. The summed E-state index contributed by atoms with van der Waals surface area (Å²) in [5.41, 5.74) is 3.70. The van der Waals surface area contributed by atoms with Crippen LogP contribution in [0.4, 0.5) is 11.4 Å². The number of nitrogens with zero attached hydrogens (tertiary/aromatic N) is 9. The number of hydrogen-bond acceptors (Lipinski definition) is 10. The van der Waals surface area contributed by atoms with Gasteiger partial charge in [-0.2, -0.15) is 10.2 Å². The SMILES string of the molecule is CC(C)Cn1ncn(-c2ccc(N3CCN(c4ccc(OC[C@@H]5CO[C@@](Cn6cncn6)(c6ccccn6)O5)cc4)CC3)cc2)c1=O. The van der Waals surface area contributed by atoms with Crippen LogP contribution in [-0.2, 0) is 28.4 Å². The fourth-order valence-corrected chi connectivity index (χ4v) is 6.04. The molecule has 5 heterocycles. The molecule has 2 aliphatic rings. The highest BCUT2D eigenvalue weighted by Crippen LogP contribution is 2.35. The molecule has 0 saturated carbocycles. The van der Waals surface area contributed by atoms with E-state index in [4.69, 9.17) is 14.2 Å². The van der Waals surface area contributed by atoms with Crippen molar-refractivity contribution in [2.24, 2.45) is 5.92 Å². The second-order valence-corrected chi connectivity index (χ2v) is 12.3. The van der Waals surface area contributed by atoms with E-state index in [1.807, 2.05) is 42.5 Å². The zero-order valence-corrected chi connectivity index (χ0v) is 26.6. The van der Waals surface area contributed by atoms with Gasteiger partial charge in [0, 0.05) is 50.3 Å². The van der Waals surface area contributed by atoms with Gasteiger partial charge in [-0.25, -0.2) is 23.7 Å². The van der Waals surface area contributed by atoms with E-state index in [2.05, 4.69) is 68.1 Å². The third kappa shape index (κ3) is 6.76. The molecular weight excluding hydrogens is 598 g/mol. The van der Waals surface area contributed by atoms with Crippen LogP contribution in [0.15, 0.2) is 96.7 Å². The van der Waals surface area contributed by atoms with Crippen LogP contribution in [0.25, 0.3) is 5.69 Å². The van der Waals surface area contributed by atoms with Crippen molar-refractivity contribution in [1.29, 1.82) is 0 Å². The van der Waals surface area contributed by atoms with E-state index in [-0.39, 0.29) is 11.8 Å². The largest absolute Gasteiger partial charge is 0.491 e. The van der Waals surface area contributed by atoms with Gasteiger partial charge in [0.1, 0.15) is 49.7 Å². The number of pyridine rings is 1. The van der Waals surface area contributed by atoms with Crippen LogP contribution >= 0.6 is 0 Å². The molecule has 2 saturated heterocycles. The first-order valence-electron chi connectivity index (χ1n) is 16.0. The van der Waals surface area contributed by atoms with Crippen molar-refractivity contribution in [3.8, 4) is 11.4 Å². The van der Waals surface area contributed by atoms with Crippen LogP contribution in [0, 0.1) is 5.92 Å². The Kier molecular flexibility index (Phi) is 8.72. The lowest BCUT2D eigenvalue weighted by atomic mass is 10.1. The Balaban J connectivity index is 0.910. The fraction of sp³-hybridized carbons (Fsp3) is 0.382. The van der Waals surface area contributed by atoms with Gasteiger partial charge in [0.2, 0.25) is 5.79 Å². The first-order chi connectivity index (χ1) is 23.0. The minimum Gasteiger partial charge on any atom is -0.491 e. The quantitative estimate of drug-likeness (QED) is 0.213. The molecule has 3 aromatic heterocycles. The van der Waals surface area contributed by atoms with Crippen molar-refractivity contribution in [3.05, 3.63) is 108 Å². The molecule has 13 heteroatoms. The number of piperazine rings is 1. The lowest BCUT2D eigenvalue weighted by Crippen LogP contribution is -2.46. The second kappa shape index (κ2) is 13.4. The molecule has 0 N–H and O–H groups in total. The van der Waals surface area contributed by atoms with Crippen molar-refractivity contribution >= 4 is 11.4 Å². The van der Waals surface area contributed by atoms with Gasteiger partial charge in [0.05, 0.1) is 12.3 Å². The maximum absolute atomic E-state index is 12.7. The van der Waals surface area contributed by atoms with Crippen LogP contribution in [0.1, 0.15) is 19.5 Å². The van der Waals surface area contributed by atoms with E-state index >= 15 is 0 Å². The van der Waals surface area contributed by atoms with Gasteiger partial charge in [0.15, 0.2) is 0 Å². The molecule has 0 bridgehead atoms. The number of ether oxygens (including phenoxy) is 3. The molecule has 13 nitrogen and oxygen atoms in total. The van der Waals surface area contributed by atoms with Gasteiger partial charge in [-0.05, 0) is 66.6 Å². The Hall–Kier alpha value is -5.01. The summed E-state index contributed by atoms with van der Waals surface area (Å²) in [4.78, 5) is 26.0. The molecule has 0 amide bonds. The van der Waals surface area contributed by atoms with Gasteiger partial charge in [0.25, 0.3) is 0 Å². The maximum Gasteiger partial charge on any atom is 0.350 e. The number of benzene rings is 2. The monoisotopic (exact) mass is 637 g/mol. The molecule has 0 unspecified atom stereocenters. The average Bonchev–Trinajstić information content (AvgIpc) is 3.86. The van der Waals surface area contributed by atoms with Crippen molar-refractivity contribution in [3.63, 3.8) is 0 Å². The van der Waals surface area contributed by atoms with E-state index in [1.165, 1.54) is 11.0 Å². The lowest BCUT2D eigenvalue weighted by molar-refractivity contribution is -0.193. The van der Waals surface area contributed by atoms with Crippen LogP contribution in [0.2, 0.25) is 0 Å². The summed E-state index contributed by atoms with van der Waals surface area (Å²) in [6, 6.07) is 22.0. The smallest absolute Gasteiger partial charge is 0.350 e. The zero-order valence-electron chi connectivity index (χ0n) is 26.6. The standard InChI is InChI=1S/C34H39N9O4/c1-26(2)19-43-33(44)42(25-38-43)29-8-6-27(7-9-29)39-15-17-40(18-16-39)28-10-12-30(13-11-28)45-20-31-21-46-34(47-31,22-41-24-35-23-37-41)32-5-3-4-14-36-32/h3-14,23-26,31H,15-22H2,1-2H3/t31-,34-/m1/s1. The molecule has 7 rings (SSSR count). The highest BCUT2D eigenvalue weighted by atomic mass is 16.8. The Labute approximate surface area is 272 Å². The highest BCUT2D eigenvalue weighted by Gasteiger charge is 2.45. The summed E-state index contributed by atoms with van der Waals surface area (Å²) in [5.74, 6) is 0.0680. The van der Waals surface area contributed by atoms with E-state index in [0.29, 0.717) is 37.9 Å². The van der Waals surface area contributed by atoms with Gasteiger partial charge in [-0.15, -0.1) is 0 Å². The number of hydrogen-bond donors (Lipinski definition) is 0. The van der Waals surface area contributed by atoms with Crippen LogP contribution in [0.3, 0.4) is 0 Å². The van der Waals surface area contributed by atoms with Crippen LogP contribution in [0.5, 0.6) is 5.75 Å². The summed E-state index contributed by atoms with van der Waals surface area (Å²) in [6.07, 6.45) is 6.18. The molecule has 47 heavy (non-hydrogen) atoms. The van der Waals surface area contributed by atoms with E-state index in [0.717, 1.165) is 49.0 Å². The predicted octanol–water partition coefficient (Wildman–Crippen LogP) is 3.35. The van der Waals surface area contributed by atoms with Gasteiger partial charge < -0.3 is 24.0 Å². The zero-order chi connectivity index (χ0) is 32.2.